The van der Waals surface area contributed by atoms with Crippen LogP contribution in [0.5, 0.6) is 0 Å². The van der Waals surface area contributed by atoms with Gasteiger partial charge in [-0.2, -0.15) is 4.98 Å². The van der Waals surface area contributed by atoms with Crippen molar-refractivity contribution in [3.8, 4) is 0 Å². The summed E-state index contributed by atoms with van der Waals surface area (Å²) in [6, 6.07) is 0. The molecule has 0 unspecified atom stereocenters. The zero-order valence-electron chi connectivity index (χ0n) is 7.26. The van der Waals surface area contributed by atoms with Crippen LogP contribution in [0.2, 0.25) is 0 Å². The van der Waals surface area contributed by atoms with Crippen molar-refractivity contribution in [2.45, 2.75) is 19.8 Å². The van der Waals surface area contributed by atoms with Crippen LogP contribution in [0.1, 0.15) is 11.7 Å². The highest BCUT2D eigenvalue weighted by atomic mass is 19.3. The van der Waals surface area contributed by atoms with E-state index in [0.29, 0.717) is 24.7 Å². The first kappa shape index (κ1) is 10.0. The minimum absolute atomic E-state index is 0.298. The lowest BCUT2D eigenvalue weighted by molar-refractivity contribution is 0.146. The molecule has 0 aromatic carbocycles. The van der Waals surface area contributed by atoms with Gasteiger partial charge in [0.25, 0.3) is 6.43 Å². The minimum atomic E-state index is -2.32. The molecule has 0 atom stereocenters. The van der Waals surface area contributed by atoms with Gasteiger partial charge in [0.2, 0.25) is 5.89 Å². The van der Waals surface area contributed by atoms with Crippen molar-refractivity contribution >= 4 is 0 Å². The van der Waals surface area contributed by atoms with Crippen molar-refractivity contribution in [2.75, 3.05) is 13.1 Å². The number of alkyl halides is 2. The molecule has 74 valence electrons. The Hall–Kier alpha value is -1.04. The summed E-state index contributed by atoms with van der Waals surface area (Å²) in [6.07, 6.45) is -1.84. The Labute approximate surface area is 74.3 Å². The molecular weight excluding hydrogens is 180 g/mol. The molecule has 0 saturated heterocycles. The Balaban J connectivity index is 2.13. The summed E-state index contributed by atoms with van der Waals surface area (Å²) in [6.45, 7) is 1.83. The zero-order chi connectivity index (χ0) is 9.68. The van der Waals surface area contributed by atoms with Crippen LogP contribution < -0.4 is 5.32 Å². The molecule has 0 aliphatic heterocycles. The van der Waals surface area contributed by atoms with Gasteiger partial charge in [0.15, 0.2) is 5.82 Å². The summed E-state index contributed by atoms with van der Waals surface area (Å²) in [7, 11) is 0. The Morgan fingerprint density at radius 3 is 2.85 bits per heavy atom. The van der Waals surface area contributed by atoms with Gasteiger partial charge in [-0.05, 0) is 6.92 Å². The third-order valence-electron chi connectivity index (χ3n) is 1.38. The summed E-state index contributed by atoms with van der Waals surface area (Å²) in [4.78, 5) is 3.92. The molecule has 0 fully saturated rings. The van der Waals surface area contributed by atoms with Crippen LogP contribution in [0.4, 0.5) is 8.78 Å². The first-order valence-corrected chi connectivity index (χ1v) is 3.96. The molecule has 0 spiro atoms. The first-order chi connectivity index (χ1) is 6.18. The van der Waals surface area contributed by atoms with E-state index in [1.807, 2.05) is 0 Å². The number of halogens is 2. The second kappa shape index (κ2) is 4.86. The SMILES string of the molecule is Cc1noc(CCNCC(F)F)n1. The molecule has 0 aliphatic rings. The average Bonchev–Trinajstić information content (AvgIpc) is 2.45. The number of aromatic nitrogens is 2. The van der Waals surface area contributed by atoms with Gasteiger partial charge in [-0.1, -0.05) is 5.16 Å². The zero-order valence-corrected chi connectivity index (χ0v) is 7.26. The summed E-state index contributed by atoms with van der Waals surface area (Å²) >= 11 is 0. The van der Waals surface area contributed by atoms with Crippen LogP contribution in [0.3, 0.4) is 0 Å². The van der Waals surface area contributed by atoms with Gasteiger partial charge in [0.1, 0.15) is 0 Å². The molecule has 1 heterocycles. The monoisotopic (exact) mass is 191 g/mol. The Kier molecular flexibility index (Phi) is 3.75. The van der Waals surface area contributed by atoms with Gasteiger partial charge >= 0.3 is 0 Å². The molecule has 1 rings (SSSR count). The van der Waals surface area contributed by atoms with E-state index in [4.69, 9.17) is 4.52 Å². The molecule has 0 aliphatic carbocycles. The number of nitrogens with zero attached hydrogens (tertiary/aromatic N) is 2. The molecule has 1 aromatic rings. The Bertz CT molecular complexity index is 252. The maximum absolute atomic E-state index is 11.7. The van der Waals surface area contributed by atoms with Gasteiger partial charge < -0.3 is 9.84 Å². The van der Waals surface area contributed by atoms with E-state index in [1.54, 1.807) is 6.92 Å². The molecule has 13 heavy (non-hydrogen) atoms. The molecule has 1 aromatic heterocycles. The number of nitrogens with one attached hydrogen (secondary N) is 1. The average molecular weight is 191 g/mol. The van der Waals surface area contributed by atoms with E-state index < -0.39 is 6.43 Å². The maximum atomic E-state index is 11.7. The van der Waals surface area contributed by atoms with Crippen LogP contribution in [0.25, 0.3) is 0 Å². The highest BCUT2D eigenvalue weighted by Gasteiger charge is 2.03. The number of hydrogen-bond donors (Lipinski definition) is 1. The van der Waals surface area contributed by atoms with Crippen molar-refractivity contribution in [1.29, 1.82) is 0 Å². The van der Waals surface area contributed by atoms with E-state index in [0.717, 1.165) is 0 Å². The third kappa shape index (κ3) is 3.93. The summed E-state index contributed by atoms with van der Waals surface area (Å²) < 4.78 is 28.1. The lowest BCUT2D eigenvalue weighted by atomic mass is 10.4. The molecule has 6 heteroatoms. The van der Waals surface area contributed by atoms with E-state index in [2.05, 4.69) is 15.5 Å². The fraction of sp³-hybridized carbons (Fsp3) is 0.714. The normalized spacial score (nSPS) is 11.1. The van der Waals surface area contributed by atoms with Gasteiger partial charge in [-0.3, -0.25) is 0 Å². The van der Waals surface area contributed by atoms with Crippen molar-refractivity contribution in [1.82, 2.24) is 15.5 Å². The maximum Gasteiger partial charge on any atom is 0.250 e. The quantitative estimate of drug-likeness (QED) is 0.698. The van der Waals surface area contributed by atoms with Gasteiger partial charge in [-0.25, -0.2) is 8.78 Å². The highest BCUT2D eigenvalue weighted by Crippen LogP contribution is 1.95. The largest absolute Gasteiger partial charge is 0.339 e. The van der Waals surface area contributed by atoms with Crippen molar-refractivity contribution in [2.24, 2.45) is 0 Å². The molecule has 0 amide bonds. The molecule has 0 saturated carbocycles. The predicted octanol–water partition coefficient (Wildman–Crippen LogP) is 0.775. The van der Waals surface area contributed by atoms with Gasteiger partial charge in [0, 0.05) is 13.0 Å². The summed E-state index contributed by atoms with van der Waals surface area (Å²) in [5, 5.41) is 6.13. The van der Waals surface area contributed by atoms with Crippen molar-refractivity contribution < 1.29 is 13.3 Å². The summed E-state index contributed by atoms with van der Waals surface area (Å²) in [5.41, 5.74) is 0. The van der Waals surface area contributed by atoms with Crippen molar-refractivity contribution in [3.05, 3.63) is 11.7 Å². The standard InChI is InChI=1S/C7H11F2N3O/c1-5-11-7(13-12-5)2-3-10-4-6(8)9/h6,10H,2-4H2,1H3. The molecule has 1 N–H and O–H groups in total. The third-order valence-corrected chi connectivity index (χ3v) is 1.38. The Morgan fingerprint density at radius 2 is 2.31 bits per heavy atom. The lowest BCUT2D eigenvalue weighted by Crippen LogP contribution is -2.23. The van der Waals surface area contributed by atoms with Gasteiger partial charge in [-0.15, -0.1) is 0 Å². The summed E-state index contributed by atoms with van der Waals surface area (Å²) in [5.74, 6) is 1.03. The topological polar surface area (TPSA) is 51.0 Å². The minimum Gasteiger partial charge on any atom is -0.339 e. The van der Waals surface area contributed by atoms with Crippen LogP contribution in [-0.4, -0.2) is 29.7 Å². The highest BCUT2D eigenvalue weighted by molar-refractivity contribution is 4.83. The molecule has 4 nitrogen and oxygen atoms in total. The van der Waals surface area contributed by atoms with Crippen LogP contribution in [0, 0.1) is 6.92 Å². The Morgan fingerprint density at radius 1 is 1.54 bits per heavy atom. The van der Waals surface area contributed by atoms with E-state index in [1.165, 1.54) is 0 Å². The van der Waals surface area contributed by atoms with Gasteiger partial charge in [0.05, 0.1) is 6.54 Å². The molecular formula is C7H11F2N3O. The van der Waals surface area contributed by atoms with E-state index in [-0.39, 0.29) is 6.54 Å². The number of aryl methyl sites for hydroxylation is 1. The molecule has 0 radical (unpaired) electrons. The van der Waals surface area contributed by atoms with Crippen LogP contribution in [-0.2, 0) is 6.42 Å². The van der Waals surface area contributed by atoms with E-state index >= 15 is 0 Å². The fourth-order valence-corrected chi connectivity index (χ4v) is 0.848. The lowest BCUT2D eigenvalue weighted by Gasteiger charge is -1.99. The second-order valence-electron chi connectivity index (χ2n) is 2.58. The van der Waals surface area contributed by atoms with Crippen LogP contribution >= 0.6 is 0 Å². The second-order valence-corrected chi connectivity index (χ2v) is 2.58. The predicted molar refractivity (Wildman–Crippen MR) is 41.6 cm³/mol. The van der Waals surface area contributed by atoms with Crippen LogP contribution in [0.15, 0.2) is 4.52 Å². The van der Waals surface area contributed by atoms with E-state index in [9.17, 15) is 8.78 Å². The fourth-order valence-electron chi connectivity index (χ4n) is 0.848. The number of rotatable bonds is 5. The smallest absolute Gasteiger partial charge is 0.250 e. The number of hydrogen-bond acceptors (Lipinski definition) is 4. The molecule has 0 bridgehead atoms. The first-order valence-electron chi connectivity index (χ1n) is 3.96. The van der Waals surface area contributed by atoms with Crippen molar-refractivity contribution in [3.63, 3.8) is 0 Å².